The molecule has 0 aliphatic carbocycles. The molecule has 0 amide bonds. The van der Waals surface area contributed by atoms with Gasteiger partial charge >= 0.3 is 0 Å². The van der Waals surface area contributed by atoms with Gasteiger partial charge in [-0.05, 0) is 35.6 Å². The highest BCUT2D eigenvalue weighted by Gasteiger charge is 2.19. The summed E-state index contributed by atoms with van der Waals surface area (Å²) in [5, 5.41) is 9.80. The summed E-state index contributed by atoms with van der Waals surface area (Å²) in [6.45, 7) is 8.36. The van der Waals surface area contributed by atoms with E-state index >= 15 is 0 Å². The molecule has 0 radical (unpaired) electrons. The fourth-order valence-electron chi connectivity index (χ4n) is 1.71. The number of benzene rings is 1. The number of hydrogen-bond donors (Lipinski definition) is 1. The highest BCUT2D eigenvalue weighted by Crippen LogP contribution is 2.36. The van der Waals surface area contributed by atoms with E-state index in [0.717, 1.165) is 11.1 Å². The molecule has 0 spiro atoms. The van der Waals surface area contributed by atoms with Crippen LogP contribution in [0, 0.1) is 0 Å². The number of methoxy groups -OCH3 is 1. The molecule has 1 aromatic carbocycles. The lowest BCUT2D eigenvalue weighted by Crippen LogP contribution is -2.13. The molecule has 16 heavy (non-hydrogen) atoms. The molecule has 0 saturated heterocycles. The number of phenolic OH excluding ortho intramolecular Hbond substituents is 1. The Morgan fingerprint density at radius 1 is 1.25 bits per heavy atom. The molecule has 0 heterocycles. The standard InChI is InChI=1S/C14H20O2/c1-6-7-10-8-13(16-5)12(15)9-11(10)14(2,3)4/h6-9,15H,1-5H3/b7-6-. The van der Waals surface area contributed by atoms with Crippen LogP contribution in [0.25, 0.3) is 6.08 Å². The largest absolute Gasteiger partial charge is 0.504 e. The van der Waals surface area contributed by atoms with Gasteiger partial charge in [-0.1, -0.05) is 32.9 Å². The lowest BCUT2D eigenvalue weighted by molar-refractivity contribution is 0.372. The molecule has 1 N–H and O–H groups in total. The van der Waals surface area contributed by atoms with Gasteiger partial charge in [-0.25, -0.2) is 0 Å². The summed E-state index contributed by atoms with van der Waals surface area (Å²) < 4.78 is 5.12. The van der Waals surface area contributed by atoms with E-state index in [1.165, 1.54) is 0 Å². The SMILES string of the molecule is C/C=C\c1cc(OC)c(O)cc1C(C)(C)C. The summed E-state index contributed by atoms with van der Waals surface area (Å²) in [6.07, 6.45) is 4.02. The van der Waals surface area contributed by atoms with Crippen molar-refractivity contribution in [1.29, 1.82) is 0 Å². The minimum absolute atomic E-state index is 0.00139. The molecule has 1 aromatic rings. The van der Waals surface area contributed by atoms with Gasteiger partial charge in [0.2, 0.25) is 0 Å². The van der Waals surface area contributed by atoms with Gasteiger partial charge < -0.3 is 9.84 Å². The maximum absolute atomic E-state index is 9.80. The number of ether oxygens (including phenoxy) is 1. The quantitative estimate of drug-likeness (QED) is 0.822. The lowest BCUT2D eigenvalue weighted by Gasteiger charge is -2.22. The van der Waals surface area contributed by atoms with Crippen LogP contribution in [-0.2, 0) is 5.41 Å². The molecule has 0 fully saturated rings. The summed E-state index contributed by atoms with van der Waals surface area (Å²) in [7, 11) is 1.56. The second-order valence-corrected chi connectivity index (χ2v) is 4.86. The summed E-state index contributed by atoms with van der Waals surface area (Å²) in [6, 6.07) is 3.66. The summed E-state index contributed by atoms with van der Waals surface area (Å²) >= 11 is 0. The van der Waals surface area contributed by atoms with Crippen LogP contribution >= 0.6 is 0 Å². The summed E-state index contributed by atoms with van der Waals surface area (Å²) in [5.74, 6) is 0.710. The van der Waals surface area contributed by atoms with Gasteiger partial charge in [-0.2, -0.15) is 0 Å². The molecule has 2 heteroatoms. The Labute approximate surface area is 97.6 Å². The second kappa shape index (κ2) is 4.60. The fourth-order valence-corrected chi connectivity index (χ4v) is 1.71. The first kappa shape index (κ1) is 12.6. The van der Waals surface area contributed by atoms with Gasteiger partial charge in [-0.15, -0.1) is 0 Å². The fraction of sp³-hybridized carbons (Fsp3) is 0.429. The van der Waals surface area contributed by atoms with Crippen molar-refractivity contribution in [2.75, 3.05) is 7.11 Å². The average Bonchev–Trinajstić information content (AvgIpc) is 2.19. The van der Waals surface area contributed by atoms with Crippen LogP contribution < -0.4 is 4.74 Å². The Hall–Kier alpha value is -1.44. The highest BCUT2D eigenvalue weighted by atomic mass is 16.5. The lowest BCUT2D eigenvalue weighted by atomic mass is 9.83. The molecule has 0 aromatic heterocycles. The summed E-state index contributed by atoms with van der Waals surface area (Å²) in [5.41, 5.74) is 2.20. The van der Waals surface area contributed by atoms with Crippen molar-refractivity contribution < 1.29 is 9.84 Å². The number of aromatic hydroxyl groups is 1. The normalized spacial score (nSPS) is 12.1. The smallest absolute Gasteiger partial charge is 0.161 e. The van der Waals surface area contributed by atoms with Gasteiger partial charge in [0.05, 0.1) is 7.11 Å². The van der Waals surface area contributed by atoms with Crippen molar-refractivity contribution in [3.05, 3.63) is 29.3 Å². The number of phenols is 1. The maximum Gasteiger partial charge on any atom is 0.161 e. The van der Waals surface area contributed by atoms with Crippen molar-refractivity contribution >= 4 is 6.08 Å². The number of hydrogen-bond acceptors (Lipinski definition) is 2. The van der Waals surface area contributed by atoms with E-state index in [2.05, 4.69) is 20.8 Å². The average molecular weight is 220 g/mol. The molecule has 2 nitrogen and oxygen atoms in total. The van der Waals surface area contributed by atoms with Crippen LogP contribution in [0.2, 0.25) is 0 Å². The predicted molar refractivity (Wildman–Crippen MR) is 68.1 cm³/mol. The van der Waals surface area contributed by atoms with E-state index in [-0.39, 0.29) is 11.2 Å². The van der Waals surface area contributed by atoms with E-state index < -0.39 is 0 Å². The Kier molecular flexibility index (Phi) is 3.63. The van der Waals surface area contributed by atoms with Crippen LogP contribution in [-0.4, -0.2) is 12.2 Å². The topological polar surface area (TPSA) is 29.5 Å². The van der Waals surface area contributed by atoms with Crippen LogP contribution in [0.1, 0.15) is 38.8 Å². The molecule has 0 unspecified atom stereocenters. The Bertz CT molecular complexity index is 398. The molecule has 0 aliphatic heterocycles. The minimum atomic E-state index is -0.00139. The molecule has 0 atom stereocenters. The zero-order valence-corrected chi connectivity index (χ0v) is 10.7. The monoisotopic (exact) mass is 220 g/mol. The van der Waals surface area contributed by atoms with Gasteiger partial charge in [0, 0.05) is 0 Å². The Morgan fingerprint density at radius 2 is 1.88 bits per heavy atom. The third-order valence-corrected chi connectivity index (χ3v) is 2.51. The number of allylic oxidation sites excluding steroid dienone is 1. The van der Waals surface area contributed by atoms with Crippen molar-refractivity contribution in [3.8, 4) is 11.5 Å². The molecule has 1 rings (SSSR count). The molecule has 0 saturated carbocycles. The number of rotatable bonds is 2. The zero-order valence-electron chi connectivity index (χ0n) is 10.7. The zero-order chi connectivity index (χ0) is 12.3. The van der Waals surface area contributed by atoms with Crippen molar-refractivity contribution in [3.63, 3.8) is 0 Å². The Morgan fingerprint density at radius 3 is 2.31 bits per heavy atom. The molecular weight excluding hydrogens is 200 g/mol. The first-order chi connectivity index (χ1) is 7.40. The Balaban J connectivity index is 3.42. The van der Waals surface area contributed by atoms with Crippen LogP contribution in [0.4, 0.5) is 0 Å². The van der Waals surface area contributed by atoms with Crippen LogP contribution in [0.15, 0.2) is 18.2 Å². The van der Waals surface area contributed by atoms with E-state index in [1.807, 2.05) is 25.1 Å². The van der Waals surface area contributed by atoms with Crippen molar-refractivity contribution in [2.45, 2.75) is 33.1 Å². The van der Waals surface area contributed by atoms with Crippen LogP contribution in [0.3, 0.4) is 0 Å². The van der Waals surface area contributed by atoms with E-state index in [1.54, 1.807) is 13.2 Å². The second-order valence-electron chi connectivity index (χ2n) is 4.86. The minimum Gasteiger partial charge on any atom is -0.504 e. The van der Waals surface area contributed by atoms with E-state index in [9.17, 15) is 5.11 Å². The maximum atomic E-state index is 9.80. The van der Waals surface area contributed by atoms with Gasteiger partial charge in [0.15, 0.2) is 11.5 Å². The van der Waals surface area contributed by atoms with Gasteiger partial charge in [0.25, 0.3) is 0 Å². The third-order valence-electron chi connectivity index (χ3n) is 2.51. The molecular formula is C14H20O2. The first-order valence-electron chi connectivity index (χ1n) is 5.44. The summed E-state index contributed by atoms with van der Waals surface area (Å²) in [4.78, 5) is 0. The molecule has 0 bridgehead atoms. The third kappa shape index (κ3) is 2.57. The van der Waals surface area contributed by atoms with Gasteiger partial charge in [0.1, 0.15) is 0 Å². The first-order valence-corrected chi connectivity index (χ1v) is 5.44. The van der Waals surface area contributed by atoms with Crippen LogP contribution in [0.5, 0.6) is 11.5 Å². The predicted octanol–water partition coefficient (Wildman–Crippen LogP) is 3.73. The van der Waals surface area contributed by atoms with Gasteiger partial charge in [-0.3, -0.25) is 0 Å². The molecule has 0 aliphatic rings. The molecule has 88 valence electrons. The highest BCUT2D eigenvalue weighted by molar-refractivity contribution is 5.61. The van der Waals surface area contributed by atoms with E-state index in [0.29, 0.717) is 5.75 Å². The van der Waals surface area contributed by atoms with Crippen molar-refractivity contribution in [1.82, 2.24) is 0 Å². The van der Waals surface area contributed by atoms with Crippen molar-refractivity contribution in [2.24, 2.45) is 0 Å². The van der Waals surface area contributed by atoms with E-state index in [4.69, 9.17) is 4.74 Å².